The lowest BCUT2D eigenvalue weighted by atomic mass is 10.1. The van der Waals surface area contributed by atoms with Gasteiger partial charge in [-0.25, -0.2) is 9.67 Å². The number of carbonyl (C=O) groups is 1. The van der Waals surface area contributed by atoms with Crippen LogP contribution in [0.15, 0.2) is 12.3 Å². The lowest BCUT2D eigenvalue weighted by Gasteiger charge is -2.11. The van der Waals surface area contributed by atoms with E-state index in [0.29, 0.717) is 18.7 Å². The molecule has 2 aromatic heterocycles. The Labute approximate surface area is 149 Å². The van der Waals surface area contributed by atoms with Gasteiger partial charge in [0, 0.05) is 12.2 Å². The van der Waals surface area contributed by atoms with Crippen LogP contribution in [0.1, 0.15) is 48.8 Å². The summed E-state index contributed by atoms with van der Waals surface area (Å²) < 4.78 is 1.89. The van der Waals surface area contributed by atoms with Crippen LogP contribution in [0.25, 0.3) is 11.0 Å². The fourth-order valence-corrected chi connectivity index (χ4v) is 2.23. The maximum Gasteiger partial charge on any atom is 0.252 e. The molecule has 1 amide bonds. The fourth-order valence-electron chi connectivity index (χ4n) is 2.23. The number of amides is 1. The maximum absolute atomic E-state index is 12.3. The van der Waals surface area contributed by atoms with E-state index in [1.54, 1.807) is 6.20 Å². The van der Waals surface area contributed by atoms with Gasteiger partial charge in [-0.2, -0.15) is 5.10 Å². The summed E-state index contributed by atoms with van der Waals surface area (Å²) in [6, 6.07) is 2.06. The molecule has 8 heteroatoms. The Hall–Kier alpha value is -1.37. The fraction of sp³-hybridized carbons (Fsp3) is 0.533. The van der Waals surface area contributed by atoms with Crippen molar-refractivity contribution in [3.63, 3.8) is 0 Å². The Morgan fingerprint density at radius 3 is 2.74 bits per heavy atom. The van der Waals surface area contributed by atoms with Crippen LogP contribution < -0.4 is 11.1 Å². The third kappa shape index (κ3) is 4.80. The monoisotopic (exact) mass is 361 g/mol. The summed E-state index contributed by atoms with van der Waals surface area (Å²) in [4.78, 5) is 16.9. The number of hydrogen-bond acceptors (Lipinski definition) is 4. The molecule has 1 atom stereocenters. The number of fused-ring (bicyclic) bond motifs is 1. The Morgan fingerprint density at radius 2 is 2.13 bits per heavy atom. The molecule has 0 saturated heterocycles. The van der Waals surface area contributed by atoms with E-state index in [2.05, 4.69) is 29.2 Å². The number of pyridine rings is 1. The van der Waals surface area contributed by atoms with Gasteiger partial charge in [-0.15, -0.1) is 24.8 Å². The van der Waals surface area contributed by atoms with E-state index in [1.165, 1.54) is 0 Å². The van der Waals surface area contributed by atoms with Gasteiger partial charge in [0.15, 0.2) is 5.65 Å². The number of carbonyl (C=O) groups excluding carboxylic acids is 1. The van der Waals surface area contributed by atoms with Crippen molar-refractivity contribution >= 4 is 41.8 Å². The zero-order valence-electron chi connectivity index (χ0n) is 13.7. The summed E-state index contributed by atoms with van der Waals surface area (Å²) >= 11 is 0. The van der Waals surface area contributed by atoms with E-state index in [1.807, 2.05) is 17.7 Å². The van der Waals surface area contributed by atoms with Crippen LogP contribution >= 0.6 is 24.8 Å². The molecule has 0 saturated carbocycles. The van der Waals surface area contributed by atoms with Crippen LogP contribution in [0.3, 0.4) is 0 Å². The van der Waals surface area contributed by atoms with Gasteiger partial charge in [-0.3, -0.25) is 4.79 Å². The minimum Gasteiger partial charge on any atom is -0.352 e. The number of aryl methyl sites for hydroxylation is 1. The first-order chi connectivity index (χ1) is 10.1. The average Bonchev–Trinajstić information content (AvgIpc) is 2.89. The molecular formula is C15H25Cl2N5O. The third-order valence-electron chi connectivity index (χ3n) is 3.61. The van der Waals surface area contributed by atoms with Gasteiger partial charge >= 0.3 is 0 Å². The molecule has 0 bridgehead atoms. The number of nitrogens with one attached hydrogen (secondary N) is 1. The van der Waals surface area contributed by atoms with Crippen molar-refractivity contribution in [2.24, 2.45) is 5.73 Å². The van der Waals surface area contributed by atoms with Crippen molar-refractivity contribution in [1.82, 2.24) is 20.1 Å². The van der Waals surface area contributed by atoms with Gasteiger partial charge < -0.3 is 11.1 Å². The number of aromatic nitrogens is 3. The van der Waals surface area contributed by atoms with Crippen molar-refractivity contribution in [2.45, 2.75) is 39.7 Å². The van der Waals surface area contributed by atoms with E-state index >= 15 is 0 Å². The molecule has 6 nitrogen and oxygen atoms in total. The Morgan fingerprint density at radius 1 is 1.43 bits per heavy atom. The number of hydrogen-bond donors (Lipinski definition) is 2. The van der Waals surface area contributed by atoms with Crippen molar-refractivity contribution in [3.05, 3.63) is 23.5 Å². The number of nitrogens with zero attached hydrogens (tertiary/aromatic N) is 3. The van der Waals surface area contributed by atoms with E-state index in [0.717, 1.165) is 29.6 Å². The minimum absolute atomic E-state index is 0. The second kappa shape index (κ2) is 9.70. The average molecular weight is 362 g/mol. The largest absolute Gasteiger partial charge is 0.352 e. The SMILES string of the molecule is CCC(C)n1ncc2c(C(=O)NCCCN)cc(C)nc21.Cl.Cl. The lowest BCUT2D eigenvalue weighted by molar-refractivity contribution is 0.0955. The van der Waals surface area contributed by atoms with Crippen molar-refractivity contribution in [1.29, 1.82) is 0 Å². The van der Waals surface area contributed by atoms with Gasteiger partial charge in [0.25, 0.3) is 5.91 Å². The Kier molecular flexibility index (Phi) is 9.12. The summed E-state index contributed by atoms with van der Waals surface area (Å²) in [5.41, 5.74) is 7.66. The summed E-state index contributed by atoms with van der Waals surface area (Å²) in [6.45, 7) is 7.24. The topological polar surface area (TPSA) is 85.8 Å². The smallest absolute Gasteiger partial charge is 0.252 e. The molecule has 3 N–H and O–H groups in total. The Balaban J connectivity index is 0.00000242. The first-order valence-corrected chi connectivity index (χ1v) is 7.41. The van der Waals surface area contributed by atoms with Gasteiger partial charge in [-0.05, 0) is 39.3 Å². The van der Waals surface area contributed by atoms with Crippen LogP contribution in [0.5, 0.6) is 0 Å². The zero-order chi connectivity index (χ0) is 15.4. The van der Waals surface area contributed by atoms with E-state index in [4.69, 9.17) is 5.73 Å². The Bertz CT molecular complexity index is 644. The molecule has 2 aromatic rings. The quantitative estimate of drug-likeness (QED) is 0.774. The lowest BCUT2D eigenvalue weighted by Crippen LogP contribution is -2.26. The molecule has 0 radical (unpaired) electrons. The molecule has 0 aliphatic carbocycles. The predicted octanol–water partition coefficient (Wildman–Crippen LogP) is 2.63. The van der Waals surface area contributed by atoms with Crippen LogP contribution in [-0.4, -0.2) is 33.8 Å². The molecule has 2 heterocycles. The molecule has 1 unspecified atom stereocenters. The first-order valence-electron chi connectivity index (χ1n) is 7.41. The standard InChI is InChI=1S/C15H23N5O.2ClH/c1-4-11(3)20-14-13(9-18-20)12(8-10(2)19-14)15(21)17-7-5-6-16;;/h8-9,11H,4-7,16H2,1-3H3,(H,17,21);2*1H. The second-order valence-electron chi connectivity index (χ2n) is 5.29. The van der Waals surface area contributed by atoms with Crippen molar-refractivity contribution in [3.8, 4) is 0 Å². The van der Waals surface area contributed by atoms with Gasteiger partial charge in [0.05, 0.1) is 23.2 Å². The summed E-state index contributed by atoms with van der Waals surface area (Å²) in [5.74, 6) is -0.0948. The van der Waals surface area contributed by atoms with E-state index < -0.39 is 0 Å². The van der Waals surface area contributed by atoms with Crippen LogP contribution in [-0.2, 0) is 0 Å². The summed E-state index contributed by atoms with van der Waals surface area (Å²) in [5, 5.41) is 8.09. The normalized spacial score (nSPS) is 11.5. The van der Waals surface area contributed by atoms with Crippen LogP contribution in [0, 0.1) is 6.92 Å². The minimum atomic E-state index is -0.0948. The van der Waals surface area contributed by atoms with Crippen LogP contribution in [0.2, 0.25) is 0 Å². The molecule has 0 fully saturated rings. The molecule has 130 valence electrons. The molecule has 0 aromatic carbocycles. The van der Waals surface area contributed by atoms with Gasteiger partial charge in [-0.1, -0.05) is 6.92 Å². The van der Waals surface area contributed by atoms with Gasteiger partial charge in [0.2, 0.25) is 0 Å². The summed E-state index contributed by atoms with van der Waals surface area (Å²) in [7, 11) is 0. The number of rotatable bonds is 6. The number of halogens is 2. The van der Waals surface area contributed by atoms with E-state index in [9.17, 15) is 4.79 Å². The predicted molar refractivity (Wildman–Crippen MR) is 97.8 cm³/mol. The zero-order valence-corrected chi connectivity index (χ0v) is 15.3. The van der Waals surface area contributed by atoms with Crippen LogP contribution in [0.4, 0.5) is 0 Å². The highest BCUT2D eigenvalue weighted by Gasteiger charge is 2.17. The molecular weight excluding hydrogens is 337 g/mol. The van der Waals surface area contributed by atoms with Crippen molar-refractivity contribution < 1.29 is 4.79 Å². The highest BCUT2D eigenvalue weighted by atomic mass is 35.5. The molecule has 0 aliphatic heterocycles. The maximum atomic E-state index is 12.3. The van der Waals surface area contributed by atoms with E-state index in [-0.39, 0.29) is 36.8 Å². The summed E-state index contributed by atoms with van der Waals surface area (Å²) in [6.07, 6.45) is 3.46. The highest BCUT2D eigenvalue weighted by molar-refractivity contribution is 6.05. The number of nitrogens with two attached hydrogens (primary N) is 1. The highest BCUT2D eigenvalue weighted by Crippen LogP contribution is 2.22. The third-order valence-corrected chi connectivity index (χ3v) is 3.61. The second-order valence-corrected chi connectivity index (χ2v) is 5.29. The molecule has 23 heavy (non-hydrogen) atoms. The molecule has 0 spiro atoms. The van der Waals surface area contributed by atoms with Crippen molar-refractivity contribution in [2.75, 3.05) is 13.1 Å². The molecule has 2 rings (SSSR count). The first kappa shape index (κ1) is 21.6. The molecule has 0 aliphatic rings. The van der Waals surface area contributed by atoms with Gasteiger partial charge in [0.1, 0.15) is 0 Å².